The van der Waals surface area contributed by atoms with Gasteiger partial charge in [0.1, 0.15) is 6.04 Å². The first-order valence-corrected chi connectivity index (χ1v) is 17.8. The van der Waals surface area contributed by atoms with Crippen molar-refractivity contribution in [2.75, 3.05) is 13.1 Å². The maximum atomic E-state index is 13.6. The Labute approximate surface area is 254 Å². The quantitative estimate of drug-likeness (QED) is 0.0799. The van der Waals surface area contributed by atoms with E-state index in [-0.39, 0.29) is 24.7 Å². The van der Waals surface area contributed by atoms with Gasteiger partial charge in [0.25, 0.3) is 0 Å². The van der Waals surface area contributed by atoms with E-state index in [1.165, 1.54) is 103 Å². The normalized spacial score (nSPS) is 11.9. The number of aliphatic carboxylic acids is 1. The Morgan fingerprint density at radius 1 is 0.537 bits per heavy atom. The van der Waals surface area contributed by atoms with E-state index in [1.54, 1.807) is 0 Å². The second-order valence-corrected chi connectivity index (χ2v) is 12.2. The van der Waals surface area contributed by atoms with Crippen LogP contribution in [0.2, 0.25) is 0 Å². The minimum Gasteiger partial charge on any atom is -0.481 e. The summed E-state index contributed by atoms with van der Waals surface area (Å²) in [7, 11) is 0. The first-order valence-electron chi connectivity index (χ1n) is 17.8. The summed E-state index contributed by atoms with van der Waals surface area (Å²) in [5.74, 6) is -1.17. The zero-order valence-electron chi connectivity index (χ0n) is 27.5. The Balaban J connectivity index is 4.80. The lowest BCUT2D eigenvalue weighted by atomic mass is 10.0. The number of carboxylic acids is 1. The predicted molar refractivity (Wildman–Crippen MR) is 173 cm³/mol. The Morgan fingerprint density at radius 3 is 1.29 bits per heavy atom. The molecule has 1 atom stereocenters. The average molecular weight is 581 g/mol. The summed E-state index contributed by atoms with van der Waals surface area (Å²) < 4.78 is 0. The molecule has 0 spiro atoms. The van der Waals surface area contributed by atoms with Crippen LogP contribution in [0.25, 0.3) is 0 Å². The molecule has 0 radical (unpaired) electrons. The molecular formula is C35H68N2O4. The lowest BCUT2D eigenvalue weighted by Gasteiger charge is -2.28. The fourth-order valence-electron chi connectivity index (χ4n) is 5.46. The van der Waals surface area contributed by atoms with Crippen molar-refractivity contribution < 1.29 is 19.5 Å². The van der Waals surface area contributed by atoms with Crippen LogP contribution in [-0.2, 0) is 14.4 Å². The summed E-state index contributed by atoms with van der Waals surface area (Å²) >= 11 is 0. The van der Waals surface area contributed by atoms with E-state index in [0.29, 0.717) is 19.5 Å². The molecule has 41 heavy (non-hydrogen) atoms. The minimum absolute atomic E-state index is 0.0954. The molecule has 0 saturated carbocycles. The molecule has 0 rings (SSSR count). The van der Waals surface area contributed by atoms with Gasteiger partial charge in [-0.15, -0.1) is 0 Å². The summed E-state index contributed by atoms with van der Waals surface area (Å²) in [6, 6.07) is -0.744. The summed E-state index contributed by atoms with van der Waals surface area (Å²) in [4.78, 5) is 39.4. The molecule has 0 aliphatic heterocycles. The number of hydrogen-bond acceptors (Lipinski definition) is 3. The standard InChI is InChI=1S/C35H68N2O4/c1-4-7-10-12-14-16-18-20-22-25-30-37(31-26-23-21-19-17-15-13-11-8-5-2)35(41)32(28-29-34(39)40)36-33(38)27-24-9-6-3/h32H,4-31H2,1-3H3,(H,36,38)(H,39,40)/t32-/m0/s1. The molecule has 0 aromatic carbocycles. The summed E-state index contributed by atoms with van der Waals surface area (Å²) in [5, 5.41) is 12.2. The zero-order chi connectivity index (χ0) is 30.4. The average Bonchev–Trinajstić information content (AvgIpc) is 2.95. The van der Waals surface area contributed by atoms with Crippen LogP contribution in [0.4, 0.5) is 0 Å². The van der Waals surface area contributed by atoms with Crippen LogP contribution in [0.15, 0.2) is 0 Å². The van der Waals surface area contributed by atoms with Gasteiger partial charge in [-0.3, -0.25) is 14.4 Å². The van der Waals surface area contributed by atoms with Gasteiger partial charge in [0.05, 0.1) is 0 Å². The van der Waals surface area contributed by atoms with Crippen LogP contribution < -0.4 is 5.32 Å². The van der Waals surface area contributed by atoms with E-state index in [9.17, 15) is 19.5 Å². The van der Waals surface area contributed by atoms with Crippen LogP contribution in [-0.4, -0.2) is 46.9 Å². The van der Waals surface area contributed by atoms with Crippen LogP contribution in [0.5, 0.6) is 0 Å². The first-order chi connectivity index (χ1) is 20.0. The number of nitrogens with zero attached hydrogens (tertiary/aromatic N) is 1. The molecule has 0 heterocycles. The lowest BCUT2D eigenvalue weighted by molar-refractivity contribution is -0.139. The smallest absolute Gasteiger partial charge is 0.303 e. The SMILES string of the molecule is CCCCCCCCCCCCN(CCCCCCCCCCCC)C(=O)[C@H](CCC(=O)O)NC(=O)CCCCC. The second kappa shape index (κ2) is 29.9. The third kappa shape index (κ3) is 25.8. The molecule has 0 bridgehead atoms. The fourth-order valence-corrected chi connectivity index (χ4v) is 5.46. The molecule has 0 fully saturated rings. The Kier molecular flexibility index (Phi) is 28.7. The largest absolute Gasteiger partial charge is 0.481 e. The van der Waals surface area contributed by atoms with Gasteiger partial charge in [-0.05, 0) is 25.7 Å². The number of nitrogens with one attached hydrogen (secondary N) is 1. The van der Waals surface area contributed by atoms with Crippen molar-refractivity contribution >= 4 is 17.8 Å². The van der Waals surface area contributed by atoms with Gasteiger partial charge in [0.2, 0.25) is 11.8 Å². The van der Waals surface area contributed by atoms with E-state index in [0.717, 1.165) is 44.9 Å². The summed E-state index contributed by atoms with van der Waals surface area (Å²) in [6.45, 7) is 7.99. The van der Waals surface area contributed by atoms with Gasteiger partial charge in [-0.25, -0.2) is 0 Å². The van der Waals surface area contributed by atoms with Gasteiger partial charge in [-0.2, -0.15) is 0 Å². The van der Waals surface area contributed by atoms with Crippen LogP contribution in [0.3, 0.4) is 0 Å². The predicted octanol–water partition coefficient (Wildman–Crippen LogP) is 9.59. The van der Waals surface area contributed by atoms with E-state index in [4.69, 9.17) is 0 Å². The Bertz CT molecular complexity index is 601. The van der Waals surface area contributed by atoms with E-state index in [1.807, 2.05) is 4.90 Å². The molecular weight excluding hydrogens is 512 g/mol. The molecule has 2 amide bonds. The van der Waals surface area contributed by atoms with Gasteiger partial charge in [0, 0.05) is 25.9 Å². The van der Waals surface area contributed by atoms with Crippen molar-refractivity contribution in [2.24, 2.45) is 0 Å². The molecule has 0 saturated heterocycles. The van der Waals surface area contributed by atoms with E-state index >= 15 is 0 Å². The summed E-state index contributed by atoms with van der Waals surface area (Å²) in [6.07, 6.45) is 28.2. The number of hydrogen-bond donors (Lipinski definition) is 2. The molecule has 6 heteroatoms. The van der Waals surface area contributed by atoms with Crippen molar-refractivity contribution in [3.8, 4) is 0 Å². The van der Waals surface area contributed by atoms with Crippen molar-refractivity contribution in [2.45, 2.75) is 194 Å². The number of carbonyl (C=O) groups excluding carboxylic acids is 2. The molecule has 242 valence electrons. The van der Waals surface area contributed by atoms with Crippen LogP contribution in [0.1, 0.15) is 188 Å². The van der Waals surface area contributed by atoms with Crippen molar-refractivity contribution in [3.05, 3.63) is 0 Å². The third-order valence-corrected chi connectivity index (χ3v) is 8.16. The number of carbonyl (C=O) groups is 3. The van der Waals surface area contributed by atoms with Crippen LogP contribution >= 0.6 is 0 Å². The lowest BCUT2D eigenvalue weighted by Crippen LogP contribution is -2.49. The Morgan fingerprint density at radius 2 is 0.902 bits per heavy atom. The first kappa shape index (κ1) is 39.4. The van der Waals surface area contributed by atoms with Crippen molar-refractivity contribution in [1.29, 1.82) is 0 Å². The number of carboxylic acid groups (broad SMARTS) is 1. The Hall–Kier alpha value is -1.59. The highest BCUT2D eigenvalue weighted by molar-refractivity contribution is 5.88. The highest BCUT2D eigenvalue weighted by Crippen LogP contribution is 2.14. The molecule has 0 aromatic heterocycles. The number of unbranched alkanes of at least 4 members (excludes halogenated alkanes) is 20. The van der Waals surface area contributed by atoms with Crippen molar-refractivity contribution in [1.82, 2.24) is 10.2 Å². The van der Waals surface area contributed by atoms with Gasteiger partial charge < -0.3 is 15.3 Å². The monoisotopic (exact) mass is 581 g/mol. The number of amides is 2. The van der Waals surface area contributed by atoms with Gasteiger partial charge in [0.15, 0.2) is 0 Å². The van der Waals surface area contributed by atoms with Crippen molar-refractivity contribution in [3.63, 3.8) is 0 Å². The minimum atomic E-state index is -0.932. The van der Waals surface area contributed by atoms with E-state index < -0.39 is 12.0 Å². The maximum absolute atomic E-state index is 13.6. The molecule has 0 aliphatic carbocycles. The molecule has 0 unspecified atom stereocenters. The number of rotatable bonds is 31. The maximum Gasteiger partial charge on any atom is 0.303 e. The van der Waals surface area contributed by atoms with E-state index in [2.05, 4.69) is 26.1 Å². The highest BCUT2D eigenvalue weighted by atomic mass is 16.4. The van der Waals surface area contributed by atoms with Gasteiger partial charge >= 0.3 is 5.97 Å². The summed E-state index contributed by atoms with van der Waals surface area (Å²) in [5.41, 5.74) is 0. The molecule has 2 N–H and O–H groups in total. The molecule has 6 nitrogen and oxygen atoms in total. The second-order valence-electron chi connectivity index (χ2n) is 12.2. The third-order valence-electron chi connectivity index (χ3n) is 8.16. The molecule has 0 aromatic rings. The topological polar surface area (TPSA) is 86.7 Å². The van der Waals surface area contributed by atoms with Crippen LogP contribution in [0, 0.1) is 0 Å². The van der Waals surface area contributed by atoms with Gasteiger partial charge in [-0.1, -0.05) is 149 Å². The zero-order valence-corrected chi connectivity index (χ0v) is 27.5. The highest BCUT2D eigenvalue weighted by Gasteiger charge is 2.26. The molecule has 0 aliphatic rings. The fraction of sp³-hybridized carbons (Fsp3) is 0.914.